The Morgan fingerprint density at radius 2 is 2.30 bits per heavy atom. The molecule has 0 spiro atoms. The molecule has 3 heteroatoms. The molecule has 0 aliphatic heterocycles. The second kappa shape index (κ2) is 6.06. The molecule has 1 aromatic heterocycles. The molecule has 1 N–H and O–H groups in total. The summed E-state index contributed by atoms with van der Waals surface area (Å²) in [5.41, 5.74) is 4.02. The lowest BCUT2D eigenvalue weighted by Gasteiger charge is -2.21. The van der Waals surface area contributed by atoms with Crippen molar-refractivity contribution < 1.29 is 0 Å². The van der Waals surface area contributed by atoms with Crippen molar-refractivity contribution >= 4 is 11.3 Å². The highest BCUT2D eigenvalue weighted by atomic mass is 32.1. The van der Waals surface area contributed by atoms with Crippen molar-refractivity contribution in [1.82, 2.24) is 10.3 Å². The fourth-order valence-corrected chi connectivity index (χ4v) is 4.19. The topological polar surface area (TPSA) is 24.9 Å². The monoisotopic (exact) mass is 286 g/mol. The minimum absolute atomic E-state index is 0.478. The fraction of sp³-hybridized carbons (Fsp3) is 0.471. The molecule has 20 heavy (non-hydrogen) atoms. The van der Waals surface area contributed by atoms with E-state index < -0.39 is 0 Å². The molecule has 1 atom stereocenters. The van der Waals surface area contributed by atoms with Crippen LogP contribution in [0.2, 0.25) is 0 Å². The maximum Gasteiger partial charge on any atom is 0.0975 e. The van der Waals surface area contributed by atoms with E-state index in [1.807, 2.05) is 11.3 Å². The summed E-state index contributed by atoms with van der Waals surface area (Å²) in [6.07, 6.45) is 4.70. The molecule has 0 radical (unpaired) electrons. The highest BCUT2D eigenvalue weighted by Gasteiger charge is 2.23. The first-order valence-electron chi connectivity index (χ1n) is 7.53. The van der Waals surface area contributed by atoms with Gasteiger partial charge in [-0.3, -0.25) is 0 Å². The zero-order valence-electron chi connectivity index (χ0n) is 12.3. The van der Waals surface area contributed by atoms with Crippen molar-refractivity contribution in [3.05, 3.63) is 51.0 Å². The molecule has 1 heterocycles. The summed E-state index contributed by atoms with van der Waals surface area (Å²) < 4.78 is 0. The Bertz CT molecular complexity index is 588. The molecular formula is C17H22N2S. The minimum atomic E-state index is 0.478. The number of aryl methyl sites for hydroxylation is 2. The van der Waals surface area contributed by atoms with Crippen LogP contribution in [-0.2, 0) is 12.8 Å². The zero-order chi connectivity index (χ0) is 13.9. The van der Waals surface area contributed by atoms with Crippen LogP contribution in [0.25, 0.3) is 0 Å². The Labute approximate surface area is 125 Å². The molecule has 106 valence electrons. The van der Waals surface area contributed by atoms with E-state index >= 15 is 0 Å². The number of benzene rings is 1. The molecule has 0 saturated heterocycles. The zero-order valence-corrected chi connectivity index (χ0v) is 13.1. The van der Waals surface area contributed by atoms with Gasteiger partial charge in [-0.05, 0) is 38.3 Å². The van der Waals surface area contributed by atoms with Crippen LogP contribution in [0.3, 0.4) is 0 Å². The molecule has 2 aromatic rings. The van der Waals surface area contributed by atoms with E-state index in [0.29, 0.717) is 6.04 Å². The molecule has 1 unspecified atom stereocenters. The third kappa shape index (κ3) is 2.94. The number of fused-ring (bicyclic) bond motifs is 1. The lowest BCUT2D eigenvalue weighted by atomic mass is 9.97. The lowest BCUT2D eigenvalue weighted by molar-refractivity contribution is 0.465. The third-order valence-corrected chi connectivity index (χ3v) is 5.02. The minimum Gasteiger partial charge on any atom is -0.309 e. The number of nitrogens with one attached hydrogen (secondary N) is 1. The first-order valence-corrected chi connectivity index (χ1v) is 8.35. The van der Waals surface area contributed by atoms with Gasteiger partial charge in [0.15, 0.2) is 0 Å². The maximum atomic E-state index is 4.93. The number of aromatic nitrogens is 1. The Balaban J connectivity index is 1.82. The summed E-state index contributed by atoms with van der Waals surface area (Å²) in [6, 6.07) is 9.24. The van der Waals surface area contributed by atoms with E-state index in [2.05, 4.69) is 43.4 Å². The summed E-state index contributed by atoms with van der Waals surface area (Å²) in [5.74, 6) is 0. The van der Waals surface area contributed by atoms with Crippen LogP contribution >= 0.6 is 11.3 Å². The molecule has 2 nitrogen and oxygen atoms in total. The van der Waals surface area contributed by atoms with Crippen molar-refractivity contribution in [2.75, 3.05) is 6.54 Å². The van der Waals surface area contributed by atoms with Gasteiger partial charge in [-0.25, -0.2) is 4.98 Å². The van der Waals surface area contributed by atoms with Gasteiger partial charge < -0.3 is 5.32 Å². The van der Waals surface area contributed by atoms with Gasteiger partial charge in [0, 0.05) is 11.3 Å². The number of thiazole rings is 1. The first-order chi connectivity index (χ1) is 9.76. The molecule has 1 aliphatic carbocycles. The van der Waals surface area contributed by atoms with Crippen LogP contribution < -0.4 is 5.32 Å². The van der Waals surface area contributed by atoms with Crippen LogP contribution in [0, 0.1) is 6.92 Å². The van der Waals surface area contributed by atoms with E-state index in [1.54, 1.807) is 0 Å². The smallest absolute Gasteiger partial charge is 0.0975 e. The van der Waals surface area contributed by atoms with Gasteiger partial charge in [0.1, 0.15) is 0 Å². The standard InChI is InChI=1S/C17H22N2S/c1-3-18-14-8-5-9-15-17(14)19-16(20-15)11-13-7-4-6-12(2)10-13/h4,6-7,10,14,18H,3,5,8-9,11H2,1-2H3. The molecule has 0 bridgehead atoms. The quantitative estimate of drug-likeness (QED) is 0.918. The fourth-order valence-electron chi connectivity index (χ4n) is 2.99. The second-order valence-electron chi connectivity index (χ2n) is 5.58. The van der Waals surface area contributed by atoms with Crippen LogP contribution in [0.5, 0.6) is 0 Å². The van der Waals surface area contributed by atoms with Crippen molar-refractivity contribution in [2.24, 2.45) is 0 Å². The van der Waals surface area contributed by atoms with Crippen LogP contribution in [0.15, 0.2) is 24.3 Å². The SMILES string of the molecule is CCNC1CCCc2sc(Cc3cccc(C)c3)nc21. The summed E-state index contributed by atoms with van der Waals surface area (Å²) in [6.45, 7) is 5.35. The lowest BCUT2D eigenvalue weighted by Crippen LogP contribution is -2.24. The Hall–Kier alpha value is -1.19. The summed E-state index contributed by atoms with van der Waals surface area (Å²) in [4.78, 5) is 6.44. The van der Waals surface area contributed by atoms with E-state index in [-0.39, 0.29) is 0 Å². The molecule has 0 amide bonds. The van der Waals surface area contributed by atoms with E-state index in [1.165, 1.54) is 46.0 Å². The van der Waals surface area contributed by atoms with Crippen LogP contribution in [-0.4, -0.2) is 11.5 Å². The number of hydrogen-bond donors (Lipinski definition) is 1. The Kier molecular flexibility index (Phi) is 4.18. The maximum absolute atomic E-state index is 4.93. The van der Waals surface area contributed by atoms with Gasteiger partial charge in [0.2, 0.25) is 0 Å². The predicted molar refractivity (Wildman–Crippen MR) is 85.5 cm³/mol. The second-order valence-corrected chi connectivity index (χ2v) is 6.75. The summed E-state index contributed by atoms with van der Waals surface area (Å²) in [7, 11) is 0. The largest absolute Gasteiger partial charge is 0.309 e. The number of hydrogen-bond acceptors (Lipinski definition) is 3. The van der Waals surface area contributed by atoms with E-state index in [0.717, 1.165) is 13.0 Å². The molecular weight excluding hydrogens is 264 g/mol. The average molecular weight is 286 g/mol. The summed E-state index contributed by atoms with van der Waals surface area (Å²) >= 11 is 1.91. The van der Waals surface area contributed by atoms with Crippen LogP contribution in [0.1, 0.15) is 52.5 Å². The number of rotatable bonds is 4. The van der Waals surface area contributed by atoms with E-state index in [4.69, 9.17) is 4.98 Å². The van der Waals surface area contributed by atoms with Crippen molar-refractivity contribution in [2.45, 2.75) is 45.6 Å². The van der Waals surface area contributed by atoms with Crippen molar-refractivity contribution in [1.29, 1.82) is 0 Å². The van der Waals surface area contributed by atoms with Gasteiger partial charge in [0.25, 0.3) is 0 Å². The molecule has 1 aliphatic rings. The first kappa shape index (κ1) is 13.8. The van der Waals surface area contributed by atoms with Gasteiger partial charge in [-0.1, -0.05) is 36.8 Å². The molecule has 1 aromatic carbocycles. The predicted octanol–water partition coefficient (Wildman–Crippen LogP) is 4.03. The normalized spacial score (nSPS) is 18.0. The van der Waals surface area contributed by atoms with Crippen LogP contribution in [0.4, 0.5) is 0 Å². The Morgan fingerprint density at radius 3 is 3.10 bits per heavy atom. The number of nitrogens with zero attached hydrogens (tertiary/aromatic N) is 1. The van der Waals surface area contributed by atoms with E-state index in [9.17, 15) is 0 Å². The highest BCUT2D eigenvalue weighted by molar-refractivity contribution is 7.11. The van der Waals surface area contributed by atoms with Gasteiger partial charge >= 0.3 is 0 Å². The van der Waals surface area contributed by atoms with Crippen molar-refractivity contribution in [3.63, 3.8) is 0 Å². The molecule has 0 saturated carbocycles. The molecule has 0 fully saturated rings. The average Bonchev–Trinajstić information content (AvgIpc) is 2.82. The molecule has 3 rings (SSSR count). The van der Waals surface area contributed by atoms with Crippen molar-refractivity contribution in [3.8, 4) is 0 Å². The van der Waals surface area contributed by atoms with Gasteiger partial charge in [-0.2, -0.15) is 0 Å². The van der Waals surface area contributed by atoms with Gasteiger partial charge in [0.05, 0.1) is 16.7 Å². The summed E-state index contributed by atoms with van der Waals surface area (Å²) in [5, 5.41) is 4.84. The van der Waals surface area contributed by atoms with Gasteiger partial charge in [-0.15, -0.1) is 11.3 Å². The Morgan fingerprint density at radius 1 is 1.40 bits per heavy atom. The highest BCUT2D eigenvalue weighted by Crippen LogP contribution is 2.33. The third-order valence-electron chi connectivity index (χ3n) is 3.89.